The van der Waals surface area contributed by atoms with Gasteiger partial charge in [-0.15, -0.1) is 10.2 Å². The van der Waals surface area contributed by atoms with Crippen molar-refractivity contribution >= 4 is 11.8 Å². The van der Waals surface area contributed by atoms with Gasteiger partial charge in [-0.2, -0.15) is 0 Å². The van der Waals surface area contributed by atoms with Crippen LogP contribution in [0.25, 0.3) is 0 Å². The first-order valence-electron chi connectivity index (χ1n) is 6.70. The standard InChI is InChI=1S/C13H18N4O3S/c1-16(10-6-19-7-11(10)18)5-9-3-4-12(20-9)21-13-15-14-8-17(13)2/h3-4,8,10-11,18H,5-7H2,1-2H3/t10-,11-/m1/s1. The third-order valence-corrected chi connectivity index (χ3v) is 4.46. The molecule has 0 amide bonds. The summed E-state index contributed by atoms with van der Waals surface area (Å²) in [4.78, 5) is 2.05. The Kier molecular flexibility index (Phi) is 4.29. The normalized spacial score (nSPS) is 22.3. The topological polar surface area (TPSA) is 76.6 Å². The van der Waals surface area contributed by atoms with E-state index in [1.54, 1.807) is 6.33 Å². The molecule has 0 aromatic carbocycles. The number of aryl methyl sites for hydroxylation is 1. The van der Waals surface area contributed by atoms with Crippen LogP contribution in [0.5, 0.6) is 0 Å². The molecular formula is C13H18N4O3S. The average Bonchev–Trinajstić information content (AvgIpc) is 3.14. The fourth-order valence-corrected chi connectivity index (χ4v) is 3.01. The van der Waals surface area contributed by atoms with Crippen LogP contribution < -0.4 is 0 Å². The molecule has 114 valence electrons. The third-order valence-electron chi connectivity index (χ3n) is 3.49. The van der Waals surface area contributed by atoms with E-state index >= 15 is 0 Å². The fraction of sp³-hybridized carbons (Fsp3) is 0.538. The Morgan fingerprint density at radius 2 is 2.33 bits per heavy atom. The molecule has 0 aliphatic carbocycles. The van der Waals surface area contributed by atoms with Crippen LogP contribution in [0.15, 0.2) is 33.1 Å². The van der Waals surface area contributed by atoms with E-state index in [1.165, 1.54) is 11.8 Å². The van der Waals surface area contributed by atoms with Crippen molar-refractivity contribution in [2.45, 2.75) is 28.9 Å². The lowest BCUT2D eigenvalue weighted by molar-refractivity contribution is 0.0886. The lowest BCUT2D eigenvalue weighted by Crippen LogP contribution is -2.39. The summed E-state index contributed by atoms with van der Waals surface area (Å²) in [5.41, 5.74) is 0. The van der Waals surface area contributed by atoms with Crippen LogP contribution in [0.1, 0.15) is 5.76 Å². The monoisotopic (exact) mass is 310 g/mol. The van der Waals surface area contributed by atoms with E-state index in [4.69, 9.17) is 9.15 Å². The van der Waals surface area contributed by atoms with Crippen LogP contribution in [0.4, 0.5) is 0 Å². The van der Waals surface area contributed by atoms with Gasteiger partial charge in [-0.3, -0.25) is 4.90 Å². The van der Waals surface area contributed by atoms with Crippen LogP contribution in [0.3, 0.4) is 0 Å². The van der Waals surface area contributed by atoms with Crippen molar-refractivity contribution in [3.05, 3.63) is 24.2 Å². The highest BCUT2D eigenvalue weighted by molar-refractivity contribution is 7.99. The fourth-order valence-electron chi connectivity index (χ4n) is 2.27. The summed E-state index contributed by atoms with van der Waals surface area (Å²) in [5.74, 6) is 0.848. The first kappa shape index (κ1) is 14.6. The Morgan fingerprint density at radius 3 is 3.00 bits per heavy atom. The number of aliphatic hydroxyl groups is 1. The second kappa shape index (κ2) is 6.18. The Hall–Kier alpha value is -1.35. The van der Waals surface area contributed by atoms with Crippen molar-refractivity contribution in [2.75, 3.05) is 20.3 Å². The summed E-state index contributed by atoms with van der Waals surface area (Å²) in [5, 5.41) is 19.2. The second-order valence-electron chi connectivity index (χ2n) is 5.13. The van der Waals surface area contributed by atoms with E-state index in [1.807, 2.05) is 35.7 Å². The highest BCUT2D eigenvalue weighted by atomic mass is 32.2. The molecule has 1 aliphatic rings. The molecule has 8 heteroatoms. The number of nitrogens with zero attached hydrogens (tertiary/aromatic N) is 4. The molecular weight excluding hydrogens is 292 g/mol. The van der Waals surface area contributed by atoms with Crippen LogP contribution in [0, 0.1) is 0 Å². The molecule has 0 radical (unpaired) electrons. The van der Waals surface area contributed by atoms with Crippen molar-refractivity contribution in [1.82, 2.24) is 19.7 Å². The minimum atomic E-state index is -0.433. The Bertz CT molecular complexity index is 600. The number of likely N-dealkylation sites (N-methyl/N-ethyl adjacent to an activating group) is 1. The van der Waals surface area contributed by atoms with E-state index < -0.39 is 6.10 Å². The number of aliphatic hydroxyl groups excluding tert-OH is 1. The van der Waals surface area contributed by atoms with Gasteiger partial charge in [0, 0.05) is 7.05 Å². The molecule has 1 N–H and O–H groups in total. The minimum Gasteiger partial charge on any atom is -0.453 e. The quantitative estimate of drug-likeness (QED) is 0.873. The largest absolute Gasteiger partial charge is 0.453 e. The number of ether oxygens (including phenoxy) is 1. The first-order chi connectivity index (χ1) is 10.1. The van der Waals surface area contributed by atoms with Crippen molar-refractivity contribution in [1.29, 1.82) is 0 Å². The van der Waals surface area contributed by atoms with Gasteiger partial charge in [0.1, 0.15) is 12.1 Å². The van der Waals surface area contributed by atoms with E-state index in [2.05, 4.69) is 10.2 Å². The number of hydrogen-bond donors (Lipinski definition) is 1. The number of furan rings is 1. The number of aromatic nitrogens is 3. The molecule has 2 aromatic heterocycles. The van der Waals surface area contributed by atoms with Gasteiger partial charge in [0.15, 0.2) is 10.2 Å². The van der Waals surface area contributed by atoms with Gasteiger partial charge >= 0.3 is 0 Å². The lowest BCUT2D eigenvalue weighted by atomic mass is 10.2. The van der Waals surface area contributed by atoms with Crippen LogP contribution in [-0.4, -0.2) is 57.2 Å². The summed E-state index contributed by atoms with van der Waals surface area (Å²) in [6.07, 6.45) is 1.22. The molecule has 2 atom stereocenters. The van der Waals surface area contributed by atoms with Gasteiger partial charge in [-0.05, 0) is 30.9 Å². The molecule has 1 fully saturated rings. The maximum Gasteiger partial charge on any atom is 0.198 e. The van der Waals surface area contributed by atoms with Crippen molar-refractivity contribution in [3.8, 4) is 0 Å². The third kappa shape index (κ3) is 3.29. The Morgan fingerprint density at radius 1 is 1.48 bits per heavy atom. The Labute approximate surface area is 126 Å². The van der Waals surface area contributed by atoms with Crippen LogP contribution >= 0.6 is 11.8 Å². The molecule has 0 bridgehead atoms. The number of rotatable bonds is 5. The van der Waals surface area contributed by atoms with E-state index in [9.17, 15) is 5.11 Å². The van der Waals surface area contributed by atoms with Crippen LogP contribution in [-0.2, 0) is 18.3 Å². The zero-order valence-electron chi connectivity index (χ0n) is 12.0. The molecule has 3 heterocycles. The molecule has 2 aromatic rings. The van der Waals surface area contributed by atoms with Gasteiger partial charge in [0.2, 0.25) is 0 Å². The zero-order chi connectivity index (χ0) is 14.8. The van der Waals surface area contributed by atoms with Crippen molar-refractivity contribution in [3.63, 3.8) is 0 Å². The number of hydrogen-bond acceptors (Lipinski definition) is 7. The SMILES string of the molecule is CN(Cc1ccc(Sc2nncn2C)o1)[C@@H]1COC[C@H]1O. The summed E-state index contributed by atoms with van der Waals surface area (Å²) in [6, 6.07) is 3.88. The molecule has 1 saturated heterocycles. The average molecular weight is 310 g/mol. The van der Waals surface area contributed by atoms with E-state index in [-0.39, 0.29) is 6.04 Å². The van der Waals surface area contributed by atoms with Gasteiger partial charge in [-0.1, -0.05) is 0 Å². The van der Waals surface area contributed by atoms with Gasteiger partial charge in [0.05, 0.1) is 31.9 Å². The highest BCUT2D eigenvalue weighted by Gasteiger charge is 2.30. The zero-order valence-corrected chi connectivity index (χ0v) is 12.8. The predicted octanol–water partition coefficient (Wildman–Crippen LogP) is 0.751. The predicted molar refractivity (Wildman–Crippen MR) is 75.9 cm³/mol. The maximum atomic E-state index is 9.82. The first-order valence-corrected chi connectivity index (χ1v) is 7.52. The summed E-state index contributed by atoms with van der Waals surface area (Å²) in [6.45, 7) is 1.59. The highest BCUT2D eigenvalue weighted by Crippen LogP contribution is 2.27. The van der Waals surface area contributed by atoms with Gasteiger partial charge < -0.3 is 18.8 Å². The molecule has 0 saturated carbocycles. The molecule has 7 nitrogen and oxygen atoms in total. The second-order valence-corrected chi connectivity index (χ2v) is 6.11. The van der Waals surface area contributed by atoms with Crippen molar-refractivity contribution in [2.24, 2.45) is 7.05 Å². The summed E-state index contributed by atoms with van der Waals surface area (Å²) >= 11 is 1.43. The molecule has 21 heavy (non-hydrogen) atoms. The van der Waals surface area contributed by atoms with E-state index in [0.717, 1.165) is 16.0 Å². The molecule has 0 unspecified atom stereocenters. The maximum absolute atomic E-state index is 9.82. The smallest absolute Gasteiger partial charge is 0.198 e. The van der Waals surface area contributed by atoms with Gasteiger partial charge in [-0.25, -0.2) is 0 Å². The summed E-state index contributed by atoms with van der Waals surface area (Å²) in [7, 11) is 3.85. The lowest BCUT2D eigenvalue weighted by Gasteiger charge is -2.24. The molecule has 1 aliphatic heterocycles. The van der Waals surface area contributed by atoms with Gasteiger partial charge in [0.25, 0.3) is 0 Å². The van der Waals surface area contributed by atoms with E-state index in [0.29, 0.717) is 19.8 Å². The minimum absolute atomic E-state index is 0.0185. The van der Waals surface area contributed by atoms with Crippen molar-refractivity contribution < 1.29 is 14.3 Å². The molecule has 3 rings (SSSR count). The summed E-state index contributed by atoms with van der Waals surface area (Å²) < 4.78 is 12.9. The van der Waals surface area contributed by atoms with Crippen LogP contribution in [0.2, 0.25) is 0 Å². The Balaban J connectivity index is 1.61. The molecule has 0 spiro atoms.